The molecule has 2 N–H and O–H groups in total. The third kappa shape index (κ3) is 3.61. The third-order valence-electron chi connectivity index (χ3n) is 5.69. The Morgan fingerprint density at radius 3 is 2.39 bits per heavy atom. The maximum Gasteiger partial charge on any atom is 0.322 e. The van der Waals surface area contributed by atoms with E-state index < -0.39 is 17.5 Å². The quantitative estimate of drug-likeness (QED) is 0.556. The molecule has 4 amide bonds. The highest BCUT2D eigenvalue weighted by atomic mass is 16.5. The largest absolute Gasteiger partial charge is 0.497 e. The first-order valence-corrected chi connectivity index (χ1v) is 10.1. The number of amides is 4. The normalized spacial score (nSPS) is 19.2. The lowest BCUT2D eigenvalue weighted by Gasteiger charge is -2.31. The van der Waals surface area contributed by atoms with Gasteiger partial charge in [-0.1, -0.05) is 18.2 Å². The summed E-state index contributed by atoms with van der Waals surface area (Å²) in [5, 5.41) is 5.01. The highest BCUT2D eigenvalue weighted by Gasteiger charge is 2.50. The average molecular weight is 445 g/mol. The van der Waals surface area contributed by atoms with Gasteiger partial charge in [0.25, 0.3) is 11.8 Å². The van der Waals surface area contributed by atoms with Gasteiger partial charge in [-0.25, -0.2) is 14.8 Å². The van der Waals surface area contributed by atoms with Gasteiger partial charge in [0.15, 0.2) is 11.3 Å². The number of methoxy groups -OCH3 is 1. The van der Waals surface area contributed by atoms with Crippen LogP contribution < -0.4 is 20.1 Å². The Hall–Kier alpha value is -4.47. The number of hydrogen-bond donors (Lipinski definition) is 2. The highest BCUT2D eigenvalue weighted by molar-refractivity contribution is 6.08. The molecule has 0 bridgehead atoms. The second kappa shape index (κ2) is 7.90. The Balaban J connectivity index is 1.43. The first-order chi connectivity index (χ1) is 16.0. The van der Waals surface area contributed by atoms with Crippen LogP contribution in [0, 0.1) is 0 Å². The Labute approximate surface area is 188 Å². The van der Waals surface area contributed by atoms with Crippen LogP contribution in [-0.4, -0.2) is 46.4 Å². The summed E-state index contributed by atoms with van der Waals surface area (Å²) in [5.41, 5.74) is 0.425. The van der Waals surface area contributed by atoms with Gasteiger partial charge in [-0.3, -0.25) is 14.9 Å². The minimum absolute atomic E-state index is 0.0346. The molecule has 5 rings (SSSR count). The zero-order chi connectivity index (χ0) is 23.0. The molecule has 3 aromatic rings. The number of carbonyl (C=O) groups excluding carboxylic acids is 3. The molecule has 166 valence electrons. The van der Waals surface area contributed by atoms with E-state index >= 15 is 0 Å². The number of aromatic nitrogens is 2. The van der Waals surface area contributed by atoms with Gasteiger partial charge in [-0.15, -0.1) is 0 Å². The number of nitrogens with one attached hydrogen (secondary N) is 2. The lowest BCUT2D eigenvalue weighted by Crippen LogP contribution is -2.52. The first-order valence-electron chi connectivity index (χ1n) is 10.1. The second-order valence-corrected chi connectivity index (χ2v) is 7.70. The van der Waals surface area contributed by atoms with E-state index in [9.17, 15) is 14.4 Å². The van der Waals surface area contributed by atoms with E-state index in [1.807, 2.05) is 6.07 Å². The molecule has 10 heteroatoms. The first kappa shape index (κ1) is 20.4. The molecule has 1 saturated heterocycles. The van der Waals surface area contributed by atoms with Crippen molar-refractivity contribution in [2.24, 2.45) is 0 Å². The number of fused-ring (bicyclic) bond motifs is 1. The van der Waals surface area contributed by atoms with Crippen molar-refractivity contribution in [3.05, 3.63) is 77.9 Å². The third-order valence-corrected chi connectivity index (χ3v) is 5.69. The summed E-state index contributed by atoms with van der Waals surface area (Å²) in [5.74, 6) is 0.776. The maximum atomic E-state index is 13.1. The molecule has 2 aliphatic heterocycles. The average Bonchev–Trinajstić information content (AvgIpc) is 3.29. The summed E-state index contributed by atoms with van der Waals surface area (Å²) < 4.78 is 10.9. The van der Waals surface area contributed by atoms with E-state index in [1.165, 1.54) is 25.8 Å². The van der Waals surface area contributed by atoms with Gasteiger partial charge in [-0.2, -0.15) is 0 Å². The van der Waals surface area contributed by atoms with Crippen molar-refractivity contribution >= 4 is 17.8 Å². The smallest absolute Gasteiger partial charge is 0.322 e. The summed E-state index contributed by atoms with van der Waals surface area (Å²) in [6, 6.07) is 11.4. The Kier molecular flexibility index (Phi) is 4.89. The van der Waals surface area contributed by atoms with Gasteiger partial charge >= 0.3 is 6.03 Å². The van der Waals surface area contributed by atoms with Crippen LogP contribution in [-0.2, 0) is 16.9 Å². The van der Waals surface area contributed by atoms with E-state index in [2.05, 4.69) is 20.6 Å². The van der Waals surface area contributed by atoms with Crippen molar-refractivity contribution in [1.82, 2.24) is 25.5 Å². The zero-order valence-electron chi connectivity index (χ0n) is 17.6. The molecule has 1 atom stereocenters. The molecule has 3 heterocycles. The van der Waals surface area contributed by atoms with Crippen molar-refractivity contribution < 1.29 is 23.9 Å². The van der Waals surface area contributed by atoms with E-state index in [1.54, 1.807) is 41.3 Å². The molecule has 2 aromatic carbocycles. The number of nitrogens with zero attached hydrogens (tertiary/aromatic N) is 3. The Bertz CT molecular complexity index is 1250. The van der Waals surface area contributed by atoms with Gasteiger partial charge in [0, 0.05) is 12.1 Å². The lowest BCUT2D eigenvalue weighted by molar-refractivity contribution is -0.124. The molecule has 33 heavy (non-hydrogen) atoms. The fraction of sp³-hybridized carbons (Fsp3) is 0.174. The van der Waals surface area contributed by atoms with Crippen molar-refractivity contribution in [2.45, 2.75) is 12.1 Å². The van der Waals surface area contributed by atoms with Gasteiger partial charge in [0.1, 0.15) is 17.8 Å². The summed E-state index contributed by atoms with van der Waals surface area (Å²) >= 11 is 0. The van der Waals surface area contributed by atoms with Crippen molar-refractivity contribution in [3.8, 4) is 17.2 Å². The second-order valence-electron chi connectivity index (χ2n) is 7.70. The molecular formula is C23H19N5O5. The summed E-state index contributed by atoms with van der Waals surface area (Å²) in [4.78, 5) is 47.5. The van der Waals surface area contributed by atoms with E-state index in [-0.39, 0.29) is 12.5 Å². The molecular weight excluding hydrogens is 426 g/mol. The predicted molar refractivity (Wildman–Crippen MR) is 115 cm³/mol. The van der Waals surface area contributed by atoms with Crippen molar-refractivity contribution in [1.29, 1.82) is 0 Å². The molecule has 1 aromatic heterocycles. The summed E-state index contributed by atoms with van der Waals surface area (Å²) in [7, 11) is 1.53. The molecule has 0 radical (unpaired) electrons. The molecule has 0 spiro atoms. The highest BCUT2D eigenvalue weighted by Crippen LogP contribution is 2.33. The van der Waals surface area contributed by atoms with Gasteiger partial charge in [0.05, 0.1) is 26.0 Å². The standard InChI is InChI=1S/C23H19N5O5/c1-32-17-5-2-14-11-28(20(29)19(14)8-17)12-23(21(30)26-22(31)27-23)15-3-6-16(7-4-15)33-18-9-24-13-25-10-18/h2-10,13H,11-12H2,1H3,(H2,26,27,30,31)/t23-/m0/s1. The number of carbonyl (C=O) groups is 3. The van der Waals surface area contributed by atoms with Crippen molar-refractivity contribution in [2.75, 3.05) is 13.7 Å². The number of benzene rings is 2. The van der Waals surface area contributed by atoms with Crippen LogP contribution in [0.2, 0.25) is 0 Å². The molecule has 10 nitrogen and oxygen atoms in total. The van der Waals surface area contributed by atoms with Crippen LogP contribution in [0.5, 0.6) is 17.2 Å². The van der Waals surface area contributed by atoms with Crippen LogP contribution in [0.4, 0.5) is 4.79 Å². The number of hydrogen-bond acceptors (Lipinski definition) is 7. The van der Waals surface area contributed by atoms with Crippen LogP contribution in [0.3, 0.4) is 0 Å². The minimum atomic E-state index is -1.44. The summed E-state index contributed by atoms with van der Waals surface area (Å²) in [6.45, 7) is 0.283. The number of urea groups is 1. The van der Waals surface area contributed by atoms with Crippen LogP contribution in [0.15, 0.2) is 61.2 Å². The van der Waals surface area contributed by atoms with Crippen LogP contribution in [0.25, 0.3) is 0 Å². The predicted octanol–water partition coefficient (Wildman–Crippen LogP) is 1.97. The number of imide groups is 1. The van der Waals surface area contributed by atoms with Crippen molar-refractivity contribution in [3.63, 3.8) is 0 Å². The molecule has 2 aliphatic rings. The van der Waals surface area contributed by atoms with E-state index in [4.69, 9.17) is 9.47 Å². The minimum Gasteiger partial charge on any atom is -0.497 e. The Morgan fingerprint density at radius 1 is 1.00 bits per heavy atom. The fourth-order valence-corrected chi connectivity index (χ4v) is 4.06. The van der Waals surface area contributed by atoms with Gasteiger partial charge in [-0.05, 0) is 35.4 Å². The topological polar surface area (TPSA) is 123 Å². The summed E-state index contributed by atoms with van der Waals surface area (Å²) in [6.07, 6.45) is 4.45. The maximum absolute atomic E-state index is 13.1. The SMILES string of the molecule is COc1ccc2c(c1)C(=O)N(C[C@@]1(c3ccc(Oc4cncnc4)cc3)NC(=O)NC1=O)C2. The van der Waals surface area contributed by atoms with Crippen LogP contribution in [0.1, 0.15) is 21.5 Å². The Morgan fingerprint density at radius 2 is 1.73 bits per heavy atom. The van der Waals surface area contributed by atoms with Crippen LogP contribution >= 0.6 is 0 Å². The monoisotopic (exact) mass is 445 g/mol. The number of ether oxygens (including phenoxy) is 2. The van der Waals surface area contributed by atoms with E-state index in [0.29, 0.717) is 34.9 Å². The molecule has 0 saturated carbocycles. The fourth-order valence-electron chi connectivity index (χ4n) is 4.06. The number of rotatable bonds is 6. The molecule has 0 aliphatic carbocycles. The molecule has 0 unspecified atom stereocenters. The lowest BCUT2D eigenvalue weighted by atomic mass is 9.89. The zero-order valence-corrected chi connectivity index (χ0v) is 17.6. The molecule has 1 fully saturated rings. The van der Waals surface area contributed by atoms with E-state index in [0.717, 1.165) is 5.56 Å². The van der Waals surface area contributed by atoms with Gasteiger partial charge in [0.2, 0.25) is 0 Å². The van der Waals surface area contributed by atoms with Gasteiger partial charge < -0.3 is 19.7 Å².